The van der Waals surface area contributed by atoms with Crippen LogP contribution < -0.4 is 15.5 Å². The number of likely N-dealkylation sites (tertiary alicyclic amines) is 1. The molecule has 94 valence electrons. The van der Waals surface area contributed by atoms with Crippen molar-refractivity contribution in [3.63, 3.8) is 0 Å². The number of quaternary nitrogens is 3. The molecule has 0 radical (unpaired) electrons. The quantitative estimate of drug-likeness (QED) is 0.465. The predicted octanol–water partition coefficient (Wildman–Crippen LogP) is -3.42. The van der Waals surface area contributed by atoms with Crippen molar-refractivity contribution in [3.8, 4) is 0 Å². The fourth-order valence-electron chi connectivity index (χ4n) is 3.36. The maximum atomic E-state index is 5.48. The summed E-state index contributed by atoms with van der Waals surface area (Å²) in [5, 5.41) is 0. The van der Waals surface area contributed by atoms with E-state index in [4.69, 9.17) is 4.74 Å². The molecule has 0 saturated carbocycles. The molecule has 0 amide bonds. The number of hydrogen-bond acceptors (Lipinski definition) is 1. The summed E-state index contributed by atoms with van der Waals surface area (Å²) in [6, 6.07) is 0. The zero-order valence-electron chi connectivity index (χ0n) is 10.7. The highest BCUT2D eigenvalue weighted by Gasteiger charge is 2.46. The minimum Gasteiger partial charge on any atom is -0.370 e. The van der Waals surface area contributed by atoms with Gasteiger partial charge in [0.05, 0.1) is 45.7 Å². The molecule has 0 bridgehead atoms. The maximum Gasteiger partial charge on any atom is 0.158 e. The van der Waals surface area contributed by atoms with E-state index in [1.54, 1.807) is 9.80 Å². The Bertz CT molecular complexity index is 208. The monoisotopic (exact) mass is 230 g/mol. The molecule has 2 aliphatic heterocycles. The van der Waals surface area contributed by atoms with Crippen molar-refractivity contribution >= 4 is 0 Å². The Labute approximate surface area is 98.7 Å². The van der Waals surface area contributed by atoms with Crippen molar-refractivity contribution in [2.24, 2.45) is 0 Å². The van der Waals surface area contributed by atoms with Gasteiger partial charge >= 0.3 is 0 Å². The van der Waals surface area contributed by atoms with E-state index in [2.05, 4.69) is 12.7 Å². The lowest BCUT2D eigenvalue weighted by molar-refractivity contribution is -0.989. The molecule has 2 saturated heterocycles. The Morgan fingerprint density at radius 2 is 1.75 bits per heavy atom. The highest BCUT2D eigenvalue weighted by Crippen LogP contribution is 2.10. The van der Waals surface area contributed by atoms with Crippen molar-refractivity contribution in [3.05, 3.63) is 0 Å². The number of nitrogens with one attached hydrogen (secondary N) is 2. The number of hydrogen-bond donors (Lipinski definition) is 3. The second-order valence-corrected chi connectivity index (χ2v) is 5.35. The SMILES string of the molecule is CC[NH+]1CCC(C[NH3+])([NH+]2CCOCC2)CC1. The maximum absolute atomic E-state index is 5.48. The number of ether oxygens (including phenoxy) is 1. The highest BCUT2D eigenvalue weighted by atomic mass is 16.5. The van der Waals surface area contributed by atoms with Gasteiger partial charge in [0, 0.05) is 0 Å². The van der Waals surface area contributed by atoms with E-state index >= 15 is 0 Å². The second-order valence-electron chi connectivity index (χ2n) is 5.35. The smallest absolute Gasteiger partial charge is 0.158 e. The van der Waals surface area contributed by atoms with Crippen molar-refractivity contribution in [1.29, 1.82) is 0 Å². The van der Waals surface area contributed by atoms with Crippen LogP contribution >= 0.6 is 0 Å². The van der Waals surface area contributed by atoms with Crippen molar-refractivity contribution < 1.29 is 20.3 Å². The normalized spacial score (nSPS) is 37.5. The topological polar surface area (TPSA) is 45.8 Å². The van der Waals surface area contributed by atoms with Gasteiger partial charge in [-0.1, -0.05) is 0 Å². The lowest BCUT2D eigenvalue weighted by atomic mass is 9.85. The minimum absolute atomic E-state index is 0.475. The molecule has 4 heteroatoms. The fourth-order valence-corrected chi connectivity index (χ4v) is 3.36. The van der Waals surface area contributed by atoms with Crippen molar-refractivity contribution in [1.82, 2.24) is 0 Å². The van der Waals surface area contributed by atoms with Gasteiger partial charge in [0.1, 0.15) is 19.6 Å². The summed E-state index contributed by atoms with van der Waals surface area (Å²) in [5.41, 5.74) is 4.71. The van der Waals surface area contributed by atoms with Gasteiger partial charge in [-0.15, -0.1) is 0 Å². The first-order valence-corrected chi connectivity index (χ1v) is 6.86. The molecule has 0 aromatic carbocycles. The van der Waals surface area contributed by atoms with Gasteiger partial charge in [-0.05, 0) is 6.92 Å². The zero-order valence-corrected chi connectivity index (χ0v) is 10.7. The third kappa shape index (κ3) is 2.40. The zero-order chi connectivity index (χ0) is 11.4. The van der Waals surface area contributed by atoms with Gasteiger partial charge in [0.15, 0.2) is 5.54 Å². The van der Waals surface area contributed by atoms with Crippen LogP contribution in [0.1, 0.15) is 19.8 Å². The molecular formula is C12H28N3O+3. The summed E-state index contributed by atoms with van der Waals surface area (Å²) in [4.78, 5) is 3.54. The van der Waals surface area contributed by atoms with Crippen molar-refractivity contribution in [2.75, 3.05) is 52.5 Å². The van der Waals surface area contributed by atoms with Crippen LogP contribution in [0.3, 0.4) is 0 Å². The Kier molecular flexibility index (Phi) is 4.19. The molecule has 4 nitrogen and oxygen atoms in total. The molecule has 2 fully saturated rings. The van der Waals surface area contributed by atoms with Crippen LogP contribution in [0.15, 0.2) is 0 Å². The van der Waals surface area contributed by atoms with Gasteiger partial charge in [-0.3, -0.25) is 0 Å². The van der Waals surface area contributed by atoms with Crippen LogP contribution in [-0.2, 0) is 4.74 Å². The van der Waals surface area contributed by atoms with Crippen LogP contribution in [0.4, 0.5) is 0 Å². The Hall–Kier alpha value is -0.160. The van der Waals surface area contributed by atoms with Crippen LogP contribution in [0.2, 0.25) is 0 Å². The van der Waals surface area contributed by atoms with Gasteiger partial charge in [-0.2, -0.15) is 0 Å². The van der Waals surface area contributed by atoms with Crippen LogP contribution in [-0.4, -0.2) is 58.0 Å². The number of piperidine rings is 1. The molecule has 0 aromatic heterocycles. The van der Waals surface area contributed by atoms with Gasteiger partial charge < -0.3 is 20.3 Å². The van der Waals surface area contributed by atoms with E-state index in [0.29, 0.717) is 5.54 Å². The Morgan fingerprint density at radius 1 is 1.12 bits per heavy atom. The number of morpholine rings is 1. The van der Waals surface area contributed by atoms with Crippen LogP contribution in [0, 0.1) is 0 Å². The van der Waals surface area contributed by atoms with Gasteiger partial charge in [-0.25, -0.2) is 0 Å². The van der Waals surface area contributed by atoms with Gasteiger partial charge in [0.2, 0.25) is 0 Å². The minimum atomic E-state index is 0.475. The molecule has 2 rings (SSSR count). The van der Waals surface area contributed by atoms with E-state index in [1.165, 1.54) is 45.6 Å². The number of rotatable bonds is 3. The third-order valence-electron chi connectivity index (χ3n) is 4.74. The Morgan fingerprint density at radius 3 is 2.25 bits per heavy atom. The molecule has 0 aliphatic carbocycles. The summed E-state index contributed by atoms with van der Waals surface area (Å²) >= 11 is 0. The van der Waals surface area contributed by atoms with Crippen LogP contribution in [0.5, 0.6) is 0 Å². The molecule has 2 aliphatic rings. The van der Waals surface area contributed by atoms with Crippen molar-refractivity contribution in [2.45, 2.75) is 25.3 Å². The molecule has 0 atom stereocenters. The highest BCUT2D eigenvalue weighted by molar-refractivity contribution is 4.80. The molecule has 16 heavy (non-hydrogen) atoms. The molecule has 0 aromatic rings. The van der Waals surface area contributed by atoms with Crippen LogP contribution in [0.25, 0.3) is 0 Å². The first-order chi connectivity index (χ1) is 7.80. The van der Waals surface area contributed by atoms with E-state index < -0.39 is 0 Å². The van der Waals surface area contributed by atoms with E-state index in [9.17, 15) is 0 Å². The summed E-state index contributed by atoms with van der Waals surface area (Å²) in [6.45, 7) is 11.6. The standard InChI is InChI=1S/C12H25N3O/c1-2-14-5-3-12(11-13,4-6-14)15-7-9-16-10-8-15/h2-11,13H2,1H3/p+3. The Balaban J connectivity index is 1.96. The molecule has 2 heterocycles. The largest absolute Gasteiger partial charge is 0.370 e. The lowest BCUT2D eigenvalue weighted by Gasteiger charge is -2.43. The summed E-state index contributed by atoms with van der Waals surface area (Å²) in [6.07, 6.45) is 2.71. The first-order valence-electron chi connectivity index (χ1n) is 6.86. The van der Waals surface area contributed by atoms with E-state index in [-0.39, 0.29) is 0 Å². The van der Waals surface area contributed by atoms with E-state index in [0.717, 1.165) is 19.8 Å². The average Bonchev–Trinajstić information content (AvgIpc) is 2.40. The first kappa shape index (κ1) is 12.3. The van der Waals surface area contributed by atoms with E-state index in [1.807, 2.05) is 0 Å². The fraction of sp³-hybridized carbons (Fsp3) is 1.00. The summed E-state index contributed by atoms with van der Waals surface area (Å²) in [5.74, 6) is 0. The predicted molar refractivity (Wildman–Crippen MR) is 62.5 cm³/mol. The third-order valence-corrected chi connectivity index (χ3v) is 4.74. The molecular weight excluding hydrogens is 202 g/mol. The average molecular weight is 230 g/mol. The summed E-state index contributed by atoms with van der Waals surface area (Å²) in [7, 11) is 0. The second kappa shape index (κ2) is 5.45. The molecule has 0 unspecified atom stereocenters. The lowest BCUT2D eigenvalue weighted by Crippen LogP contribution is -3.26. The summed E-state index contributed by atoms with van der Waals surface area (Å²) < 4.78 is 5.48. The molecule has 5 N–H and O–H groups in total. The van der Waals surface area contributed by atoms with Gasteiger partial charge in [0.25, 0.3) is 0 Å². The molecule has 0 spiro atoms.